The highest BCUT2D eigenvalue weighted by Gasteiger charge is 2.29. The van der Waals surface area contributed by atoms with Gasteiger partial charge in [-0.15, -0.1) is 0 Å². The Hall–Kier alpha value is -2.57. The number of benzene rings is 2. The van der Waals surface area contributed by atoms with Crippen LogP contribution in [0.1, 0.15) is 12.0 Å². The highest BCUT2D eigenvalue weighted by molar-refractivity contribution is 5.74. The SMILES string of the molecule is COc1cccc(CN2CCN(c3nc4ccccc4o3)C[C@@H]2CCO)c1. The number of aliphatic hydroxyl groups excluding tert-OH is 1. The number of piperazine rings is 1. The zero-order valence-corrected chi connectivity index (χ0v) is 15.5. The van der Waals surface area contributed by atoms with Crippen molar-refractivity contribution < 1.29 is 14.3 Å². The molecule has 6 nitrogen and oxygen atoms in total. The zero-order valence-electron chi connectivity index (χ0n) is 15.5. The van der Waals surface area contributed by atoms with Crippen molar-refractivity contribution in [1.82, 2.24) is 9.88 Å². The second kappa shape index (κ2) is 7.98. The summed E-state index contributed by atoms with van der Waals surface area (Å²) in [6.07, 6.45) is 0.723. The third-order valence-electron chi connectivity index (χ3n) is 5.14. The summed E-state index contributed by atoms with van der Waals surface area (Å²) in [7, 11) is 1.69. The highest BCUT2D eigenvalue weighted by Crippen LogP contribution is 2.26. The number of nitrogens with zero attached hydrogens (tertiary/aromatic N) is 3. The Bertz CT molecular complexity index is 862. The van der Waals surface area contributed by atoms with E-state index in [0.717, 1.165) is 49.4 Å². The number of rotatable bonds is 6. The van der Waals surface area contributed by atoms with Crippen molar-refractivity contribution in [1.29, 1.82) is 0 Å². The van der Waals surface area contributed by atoms with E-state index in [1.54, 1.807) is 7.11 Å². The first-order valence-corrected chi connectivity index (χ1v) is 9.35. The van der Waals surface area contributed by atoms with Crippen molar-refractivity contribution in [3.05, 3.63) is 54.1 Å². The molecule has 1 N–H and O–H groups in total. The molecule has 27 heavy (non-hydrogen) atoms. The summed E-state index contributed by atoms with van der Waals surface area (Å²) in [5, 5.41) is 9.55. The Morgan fingerprint density at radius 1 is 1.19 bits per heavy atom. The Balaban J connectivity index is 1.49. The largest absolute Gasteiger partial charge is 0.497 e. The topological polar surface area (TPSA) is 62.0 Å². The lowest BCUT2D eigenvalue weighted by molar-refractivity contribution is 0.133. The first-order valence-electron chi connectivity index (χ1n) is 9.35. The minimum atomic E-state index is 0.167. The Kier molecular flexibility index (Phi) is 5.27. The lowest BCUT2D eigenvalue weighted by Gasteiger charge is -2.40. The maximum atomic E-state index is 9.55. The fourth-order valence-electron chi connectivity index (χ4n) is 3.70. The number of oxazole rings is 1. The molecule has 1 saturated heterocycles. The molecule has 6 heteroatoms. The maximum Gasteiger partial charge on any atom is 0.298 e. The average Bonchev–Trinajstić information content (AvgIpc) is 3.14. The van der Waals surface area contributed by atoms with Crippen LogP contribution in [0, 0.1) is 0 Å². The number of hydrogen-bond acceptors (Lipinski definition) is 6. The van der Waals surface area contributed by atoms with Crippen molar-refractivity contribution in [2.45, 2.75) is 19.0 Å². The summed E-state index contributed by atoms with van der Waals surface area (Å²) in [4.78, 5) is 9.23. The van der Waals surface area contributed by atoms with Crippen LogP contribution in [0.5, 0.6) is 5.75 Å². The van der Waals surface area contributed by atoms with Gasteiger partial charge < -0.3 is 19.2 Å². The van der Waals surface area contributed by atoms with Gasteiger partial charge in [-0.1, -0.05) is 24.3 Å². The summed E-state index contributed by atoms with van der Waals surface area (Å²) in [6.45, 7) is 3.53. The second-order valence-corrected chi connectivity index (χ2v) is 6.90. The van der Waals surface area contributed by atoms with Crippen LogP contribution in [0.4, 0.5) is 6.01 Å². The van der Waals surface area contributed by atoms with Gasteiger partial charge in [0, 0.05) is 38.8 Å². The monoisotopic (exact) mass is 367 g/mol. The number of anilines is 1. The van der Waals surface area contributed by atoms with E-state index in [-0.39, 0.29) is 12.6 Å². The van der Waals surface area contributed by atoms with Crippen molar-refractivity contribution >= 4 is 17.1 Å². The number of aliphatic hydroxyl groups is 1. The van der Waals surface area contributed by atoms with E-state index in [0.29, 0.717) is 6.01 Å². The summed E-state index contributed by atoms with van der Waals surface area (Å²) >= 11 is 0. The highest BCUT2D eigenvalue weighted by atomic mass is 16.5. The summed E-state index contributed by atoms with van der Waals surface area (Å²) in [5.41, 5.74) is 2.91. The van der Waals surface area contributed by atoms with Crippen LogP contribution < -0.4 is 9.64 Å². The number of methoxy groups -OCH3 is 1. The maximum absolute atomic E-state index is 9.55. The normalized spacial score (nSPS) is 18.1. The van der Waals surface area contributed by atoms with Crippen LogP contribution in [-0.2, 0) is 6.54 Å². The molecule has 0 aliphatic carbocycles. The Labute approximate surface area is 159 Å². The van der Waals surface area contributed by atoms with Gasteiger partial charge in [0.1, 0.15) is 11.3 Å². The summed E-state index contributed by atoms with van der Waals surface area (Å²) < 4.78 is 11.3. The van der Waals surface area contributed by atoms with Gasteiger partial charge in [-0.05, 0) is 36.2 Å². The lowest BCUT2D eigenvalue weighted by Crippen LogP contribution is -2.53. The third kappa shape index (κ3) is 3.91. The van der Waals surface area contributed by atoms with Crippen molar-refractivity contribution in [2.75, 3.05) is 38.3 Å². The van der Waals surface area contributed by atoms with Gasteiger partial charge in [0.05, 0.1) is 7.11 Å². The molecule has 2 aromatic carbocycles. The molecule has 0 unspecified atom stereocenters. The first kappa shape index (κ1) is 17.8. The number of fused-ring (bicyclic) bond motifs is 1. The van der Waals surface area contributed by atoms with Gasteiger partial charge in [-0.25, -0.2) is 0 Å². The molecule has 1 atom stereocenters. The lowest BCUT2D eigenvalue weighted by atomic mass is 10.1. The molecule has 1 aliphatic rings. The van der Waals surface area contributed by atoms with Crippen LogP contribution in [-0.4, -0.2) is 54.4 Å². The molecule has 142 valence electrons. The average molecular weight is 367 g/mol. The molecule has 0 amide bonds. The predicted octanol–water partition coefficient (Wildman–Crippen LogP) is 2.91. The molecule has 2 heterocycles. The fourth-order valence-corrected chi connectivity index (χ4v) is 3.70. The van der Waals surface area contributed by atoms with E-state index in [1.165, 1.54) is 5.56 Å². The van der Waals surface area contributed by atoms with Crippen LogP contribution in [0.2, 0.25) is 0 Å². The van der Waals surface area contributed by atoms with Gasteiger partial charge in [0.2, 0.25) is 0 Å². The molecule has 1 aromatic heterocycles. The number of para-hydroxylation sites is 2. The van der Waals surface area contributed by atoms with Crippen LogP contribution in [0.25, 0.3) is 11.1 Å². The van der Waals surface area contributed by atoms with Crippen LogP contribution >= 0.6 is 0 Å². The van der Waals surface area contributed by atoms with Crippen molar-refractivity contribution in [3.63, 3.8) is 0 Å². The van der Waals surface area contributed by atoms with E-state index in [1.807, 2.05) is 36.4 Å². The zero-order chi connectivity index (χ0) is 18.6. The molecule has 1 fully saturated rings. The molecule has 0 saturated carbocycles. The van der Waals surface area contributed by atoms with Crippen LogP contribution in [0.3, 0.4) is 0 Å². The minimum Gasteiger partial charge on any atom is -0.497 e. The Morgan fingerprint density at radius 3 is 2.89 bits per heavy atom. The third-order valence-corrected chi connectivity index (χ3v) is 5.14. The van der Waals surface area contributed by atoms with Crippen molar-refractivity contribution in [2.24, 2.45) is 0 Å². The molecule has 1 aliphatic heterocycles. The molecular formula is C21H25N3O3. The van der Waals surface area contributed by atoms with E-state index >= 15 is 0 Å². The smallest absolute Gasteiger partial charge is 0.298 e. The van der Waals surface area contributed by atoms with Crippen LogP contribution in [0.15, 0.2) is 52.9 Å². The summed E-state index contributed by atoms with van der Waals surface area (Å²) in [5.74, 6) is 0.872. The molecular weight excluding hydrogens is 342 g/mol. The van der Waals surface area contributed by atoms with E-state index in [4.69, 9.17) is 9.15 Å². The summed E-state index contributed by atoms with van der Waals surface area (Å²) in [6, 6.07) is 16.9. The molecule has 0 bridgehead atoms. The van der Waals surface area contributed by atoms with Gasteiger partial charge in [0.25, 0.3) is 6.01 Å². The molecule has 3 aromatic rings. The van der Waals surface area contributed by atoms with Gasteiger partial charge >= 0.3 is 0 Å². The number of hydrogen-bond donors (Lipinski definition) is 1. The van der Waals surface area contributed by atoms with Gasteiger partial charge in [-0.2, -0.15) is 4.98 Å². The van der Waals surface area contributed by atoms with Crippen molar-refractivity contribution in [3.8, 4) is 5.75 Å². The molecule has 0 spiro atoms. The van der Waals surface area contributed by atoms with Gasteiger partial charge in [-0.3, -0.25) is 4.90 Å². The fraction of sp³-hybridized carbons (Fsp3) is 0.381. The number of ether oxygens (including phenoxy) is 1. The number of aromatic nitrogens is 1. The minimum absolute atomic E-state index is 0.167. The predicted molar refractivity (Wildman–Crippen MR) is 105 cm³/mol. The van der Waals surface area contributed by atoms with E-state index in [9.17, 15) is 5.11 Å². The molecule has 0 radical (unpaired) electrons. The Morgan fingerprint density at radius 2 is 2.07 bits per heavy atom. The van der Waals surface area contributed by atoms with E-state index in [2.05, 4.69) is 26.9 Å². The quantitative estimate of drug-likeness (QED) is 0.723. The van der Waals surface area contributed by atoms with E-state index < -0.39 is 0 Å². The first-order chi connectivity index (χ1) is 13.3. The second-order valence-electron chi connectivity index (χ2n) is 6.90. The standard InChI is InChI=1S/C21H25N3O3/c1-26-18-6-4-5-16(13-18)14-23-10-11-24(15-17(23)9-12-25)21-22-19-7-2-3-8-20(19)27-21/h2-8,13,17,25H,9-12,14-15H2,1H3/t17-/m0/s1. The molecule has 4 rings (SSSR count). The van der Waals surface area contributed by atoms with Gasteiger partial charge in [0.15, 0.2) is 5.58 Å².